The maximum Gasteiger partial charge on any atom is 0.255 e. The van der Waals surface area contributed by atoms with E-state index in [0.717, 1.165) is 31.7 Å². The number of benzene rings is 2. The van der Waals surface area contributed by atoms with Crippen LogP contribution in [0.25, 0.3) is 0 Å². The van der Waals surface area contributed by atoms with Crippen molar-refractivity contribution in [2.75, 3.05) is 5.32 Å². The van der Waals surface area contributed by atoms with Crippen molar-refractivity contribution in [1.29, 1.82) is 0 Å². The molecule has 0 bridgehead atoms. The Morgan fingerprint density at radius 1 is 1.04 bits per heavy atom. The largest absolute Gasteiger partial charge is 0.319 e. The van der Waals surface area contributed by atoms with Crippen LogP contribution in [0.3, 0.4) is 0 Å². The van der Waals surface area contributed by atoms with Crippen LogP contribution < -0.4 is 10.0 Å². The van der Waals surface area contributed by atoms with Gasteiger partial charge in [0, 0.05) is 11.6 Å². The van der Waals surface area contributed by atoms with Crippen molar-refractivity contribution in [3.63, 3.8) is 0 Å². The van der Waals surface area contributed by atoms with Crippen LogP contribution in [0, 0.1) is 5.82 Å². The molecule has 0 atom stereocenters. The number of anilines is 1. The fraction of sp³-hybridized carbons (Fsp3) is 0.278. The van der Waals surface area contributed by atoms with Gasteiger partial charge in [0.15, 0.2) is 0 Å². The van der Waals surface area contributed by atoms with Crippen LogP contribution in [0.15, 0.2) is 53.4 Å². The molecule has 1 aliphatic carbocycles. The van der Waals surface area contributed by atoms with Crippen LogP contribution >= 0.6 is 0 Å². The van der Waals surface area contributed by atoms with Gasteiger partial charge >= 0.3 is 0 Å². The molecule has 2 aromatic rings. The molecule has 25 heavy (non-hydrogen) atoms. The van der Waals surface area contributed by atoms with Crippen LogP contribution in [0.1, 0.15) is 36.0 Å². The molecule has 0 radical (unpaired) electrons. The Hall–Kier alpha value is -2.25. The van der Waals surface area contributed by atoms with Gasteiger partial charge in [0.1, 0.15) is 5.82 Å². The Morgan fingerprint density at radius 2 is 1.72 bits per heavy atom. The van der Waals surface area contributed by atoms with Gasteiger partial charge in [-0.25, -0.2) is 17.5 Å². The molecule has 1 saturated carbocycles. The first-order chi connectivity index (χ1) is 12.0. The molecule has 7 heteroatoms. The second-order valence-electron chi connectivity index (χ2n) is 6.06. The van der Waals surface area contributed by atoms with Crippen LogP contribution in [0.4, 0.5) is 10.1 Å². The molecule has 1 fully saturated rings. The molecule has 1 aliphatic rings. The van der Waals surface area contributed by atoms with E-state index in [9.17, 15) is 17.6 Å². The first kappa shape index (κ1) is 17.6. The zero-order chi connectivity index (χ0) is 17.9. The Bertz CT molecular complexity index is 863. The summed E-state index contributed by atoms with van der Waals surface area (Å²) >= 11 is 0. The molecule has 0 unspecified atom stereocenters. The molecule has 3 rings (SSSR count). The number of amides is 1. The van der Waals surface area contributed by atoms with E-state index in [1.54, 1.807) is 30.3 Å². The number of hydrogen-bond acceptors (Lipinski definition) is 3. The summed E-state index contributed by atoms with van der Waals surface area (Å²) in [6.07, 6.45) is 3.58. The van der Waals surface area contributed by atoms with Gasteiger partial charge in [0.2, 0.25) is 10.0 Å². The Labute approximate surface area is 146 Å². The molecular weight excluding hydrogens is 343 g/mol. The summed E-state index contributed by atoms with van der Waals surface area (Å²) in [5.74, 6) is -1.25. The minimum atomic E-state index is -3.77. The average Bonchev–Trinajstić information content (AvgIpc) is 3.09. The molecular formula is C18H19FN2O3S. The quantitative estimate of drug-likeness (QED) is 0.857. The lowest BCUT2D eigenvalue weighted by atomic mass is 10.2. The van der Waals surface area contributed by atoms with Crippen molar-refractivity contribution in [2.45, 2.75) is 36.6 Å². The summed E-state index contributed by atoms with van der Waals surface area (Å²) in [5, 5.41) is 2.45. The van der Waals surface area contributed by atoms with Gasteiger partial charge in [-0.1, -0.05) is 31.0 Å². The van der Waals surface area contributed by atoms with Crippen LogP contribution in [-0.4, -0.2) is 20.4 Å². The first-order valence-electron chi connectivity index (χ1n) is 8.14. The molecule has 0 aliphatic heterocycles. The fourth-order valence-electron chi connectivity index (χ4n) is 2.88. The maximum atomic E-state index is 14.3. The van der Waals surface area contributed by atoms with E-state index >= 15 is 0 Å². The summed E-state index contributed by atoms with van der Waals surface area (Å²) in [4.78, 5) is 11.9. The van der Waals surface area contributed by atoms with E-state index in [2.05, 4.69) is 10.0 Å². The summed E-state index contributed by atoms with van der Waals surface area (Å²) in [6, 6.07) is 11.8. The molecule has 2 aromatic carbocycles. The number of sulfonamides is 1. The monoisotopic (exact) mass is 362 g/mol. The predicted molar refractivity (Wildman–Crippen MR) is 93.4 cm³/mol. The lowest BCUT2D eigenvalue weighted by Gasteiger charge is -2.13. The molecule has 132 valence electrons. The molecule has 5 nitrogen and oxygen atoms in total. The lowest BCUT2D eigenvalue weighted by Crippen LogP contribution is -2.32. The second-order valence-corrected chi connectivity index (χ2v) is 7.78. The van der Waals surface area contributed by atoms with Gasteiger partial charge in [-0.05, 0) is 43.2 Å². The minimum Gasteiger partial charge on any atom is -0.319 e. The summed E-state index contributed by atoms with van der Waals surface area (Å²) in [7, 11) is -3.77. The SMILES string of the molecule is O=C(Nc1ccc(S(=O)(=O)NC2CCCC2)cc1F)c1ccccc1. The summed E-state index contributed by atoms with van der Waals surface area (Å²) in [5.41, 5.74) is 0.329. The van der Waals surface area contributed by atoms with Crippen LogP contribution in [-0.2, 0) is 10.0 Å². The van der Waals surface area contributed by atoms with Gasteiger partial charge < -0.3 is 5.32 Å². The van der Waals surface area contributed by atoms with Gasteiger partial charge in [0.05, 0.1) is 10.6 Å². The number of halogens is 1. The Kier molecular flexibility index (Phi) is 5.15. The smallest absolute Gasteiger partial charge is 0.255 e. The van der Waals surface area contributed by atoms with E-state index in [4.69, 9.17) is 0 Å². The highest BCUT2D eigenvalue weighted by molar-refractivity contribution is 7.89. The summed E-state index contributed by atoms with van der Waals surface area (Å²) < 4.78 is 41.5. The molecule has 0 heterocycles. The zero-order valence-electron chi connectivity index (χ0n) is 13.5. The Balaban J connectivity index is 1.75. The van der Waals surface area contributed by atoms with Crippen molar-refractivity contribution in [2.24, 2.45) is 0 Å². The third-order valence-corrected chi connectivity index (χ3v) is 5.73. The fourth-order valence-corrected chi connectivity index (χ4v) is 4.20. The molecule has 0 aromatic heterocycles. The Morgan fingerprint density at radius 3 is 2.36 bits per heavy atom. The van der Waals surface area contributed by atoms with Gasteiger partial charge in [-0.15, -0.1) is 0 Å². The van der Waals surface area contributed by atoms with E-state index in [-0.39, 0.29) is 16.6 Å². The molecule has 2 N–H and O–H groups in total. The van der Waals surface area contributed by atoms with Crippen molar-refractivity contribution in [3.8, 4) is 0 Å². The van der Waals surface area contributed by atoms with E-state index in [1.165, 1.54) is 12.1 Å². The number of nitrogens with one attached hydrogen (secondary N) is 2. The average molecular weight is 362 g/mol. The van der Waals surface area contributed by atoms with Crippen molar-refractivity contribution in [3.05, 3.63) is 59.9 Å². The molecule has 1 amide bonds. The minimum absolute atomic E-state index is 0.0614. The number of carbonyl (C=O) groups is 1. The maximum absolute atomic E-state index is 14.3. The predicted octanol–water partition coefficient (Wildman–Crippen LogP) is 3.30. The first-order valence-corrected chi connectivity index (χ1v) is 9.62. The second kappa shape index (κ2) is 7.33. The number of carbonyl (C=O) groups excluding carboxylic acids is 1. The van der Waals surface area contributed by atoms with E-state index < -0.39 is 21.7 Å². The van der Waals surface area contributed by atoms with Crippen LogP contribution in [0.2, 0.25) is 0 Å². The van der Waals surface area contributed by atoms with E-state index in [1.807, 2.05) is 0 Å². The summed E-state index contributed by atoms with van der Waals surface area (Å²) in [6.45, 7) is 0. The lowest BCUT2D eigenvalue weighted by molar-refractivity contribution is 0.102. The topological polar surface area (TPSA) is 75.3 Å². The molecule has 0 spiro atoms. The van der Waals surface area contributed by atoms with Crippen molar-refractivity contribution in [1.82, 2.24) is 4.72 Å². The highest BCUT2D eigenvalue weighted by atomic mass is 32.2. The standard InChI is InChI=1S/C18H19FN2O3S/c19-16-12-15(25(23,24)21-14-8-4-5-9-14)10-11-17(16)20-18(22)13-6-2-1-3-7-13/h1-3,6-7,10-12,14,21H,4-5,8-9H2,(H,20,22). The number of hydrogen-bond donors (Lipinski definition) is 2. The highest BCUT2D eigenvalue weighted by Gasteiger charge is 2.23. The van der Waals surface area contributed by atoms with Crippen molar-refractivity contribution < 1.29 is 17.6 Å². The molecule has 0 saturated heterocycles. The zero-order valence-corrected chi connectivity index (χ0v) is 14.4. The van der Waals surface area contributed by atoms with Gasteiger partial charge in [0.25, 0.3) is 5.91 Å². The normalized spacial score (nSPS) is 15.2. The number of rotatable bonds is 5. The van der Waals surface area contributed by atoms with E-state index in [0.29, 0.717) is 5.56 Å². The van der Waals surface area contributed by atoms with Gasteiger partial charge in [-0.3, -0.25) is 4.79 Å². The van der Waals surface area contributed by atoms with Crippen LogP contribution in [0.5, 0.6) is 0 Å². The highest BCUT2D eigenvalue weighted by Crippen LogP contribution is 2.23. The van der Waals surface area contributed by atoms with Crippen molar-refractivity contribution >= 4 is 21.6 Å². The third-order valence-electron chi connectivity index (χ3n) is 4.21. The van der Waals surface area contributed by atoms with Gasteiger partial charge in [-0.2, -0.15) is 0 Å². The third kappa shape index (κ3) is 4.24.